The molecule has 1 aromatic heterocycles. The topological polar surface area (TPSA) is 51.2 Å². The van der Waals surface area contributed by atoms with E-state index < -0.39 is 0 Å². The molecule has 0 aliphatic carbocycles. The first-order valence-electron chi connectivity index (χ1n) is 5.44. The summed E-state index contributed by atoms with van der Waals surface area (Å²) >= 11 is 1.61. The Balaban J connectivity index is 2.34. The average molecular weight is 242 g/mol. The van der Waals surface area contributed by atoms with Crippen molar-refractivity contribution in [3.05, 3.63) is 16.6 Å². The van der Waals surface area contributed by atoms with Gasteiger partial charge in [-0.15, -0.1) is 11.3 Å². The minimum absolute atomic E-state index is 0.0953. The molecule has 0 fully saturated rings. The van der Waals surface area contributed by atoms with Crippen LogP contribution in [0.25, 0.3) is 0 Å². The van der Waals surface area contributed by atoms with E-state index in [-0.39, 0.29) is 18.1 Å². The third-order valence-corrected chi connectivity index (χ3v) is 3.09. The van der Waals surface area contributed by atoms with E-state index >= 15 is 0 Å². The molecule has 0 aliphatic heterocycles. The smallest absolute Gasteiger partial charge is 0.307 e. The Morgan fingerprint density at radius 2 is 2.38 bits per heavy atom. The van der Waals surface area contributed by atoms with Crippen LogP contribution in [-0.4, -0.2) is 23.6 Å². The van der Waals surface area contributed by atoms with E-state index in [4.69, 9.17) is 4.74 Å². The molecule has 16 heavy (non-hydrogen) atoms. The molecular formula is C11H18N2O2S. The van der Waals surface area contributed by atoms with Crippen molar-refractivity contribution in [3.63, 3.8) is 0 Å². The molecule has 0 amide bonds. The number of carbonyl (C=O) groups excluding carboxylic acids is 1. The van der Waals surface area contributed by atoms with Gasteiger partial charge in [-0.1, -0.05) is 0 Å². The lowest BCUT2D eigenvalue weighted by atomic mass is 10.2. The summed E-state index contributed by atoms with van der Waals surface area (Å²) in [7, 11) is 0. The van der Waals surface area contributed by atoms with Crippen LogP contribution in [0.3, 0.4) is 0 Å². The monoisotopic (exact) mass is 242 g/mol. The second-order valence-corrected chi connectivity index (χ2v) is 4.60. The number of aromatic nitrogens is 1. The first-order chi connectivity index (χ1) is 7.63. The zero-order valence-corrected chi connectivity index (χ0v) is 10.7. The number of hydrogen-bond acceptors (Lipinski definition) is 5. The maximum Gasteiger partial charge on any atom is 0.307 e. The molecule has 0 bridgehead atoms. The fourth-order valence-electron chi connectivity index (χ4n) is 1.48. The van der Waals surface area contributed by atoms with Crippen LogP contribution < -0.4 is 5.32 Å². The zero-order valence-electron chi connectivity index (χ0n) is 9.90. The van der Waals surface area contributed by atoms with Crippen LogP contribution >= 0.6 is 11.3 Å². The van der Waals surface area contributed by atoms with Gasteiger partial charge in [-0.2, -0.15) is 0 Å². The quantitative estimate of drug-likeness (QED) is 0.776. The van der Waals surface area contributed by atoms with Crippen molar-refractivity contribution in [2.45, 2.75) is 39.3 Å². The van der Waals surface area contributed by atoms with Crippen molar-refractivity contribution in [1.82, 2.24) is 10.3 Å². The summed E-state index contributed by atoms with van der Waals surface area (Å²) in [6.45, 7) is 6.27. The van der Waals surface area contributed by atoms with Gasteiger partial charge in [0.15, 0.2) is 0 Å². The predicted molar refractivity (Wildman–Crippen MR) is 64.4 cm³/mol. The molecule has 0 saturated carbocycles. The molecule has 5 heteroatoms. The number of nitrogens with one attached hydrogen (secondary N) is 1. The van der Waals surface area contributed by atoms with Gasteiger partial charge in [0.05, 0.1) is 19.1 Å². The number of nitrogens with zero attached hydrogens (tertiary/aromatic N) is 1. The minimum Gasteiger partial charge on any atom is -0.466 e. The SMILES string of the molecule is CCOC(=O)CC(C)NC(C)c1nccs1. The van der Waals surface area contributed by atoms with Crippen molar-refractivity contribution in [3.8, 4) is 0 Å². The number of carbonyl (C=O) groups is 1. The van der Waals surface area contributed by atoms with Crippen molar-refractivity contribution in [2.24, 2.45) is 0 Å². The van der Waals surface area contributed by atoms with Gasteiger partial charge in [0.25, 0.3) is 0 Å². The lowest BCUT2D eigenvalue weighted by Crippen LogP contribution is -2.31. The standard InChI is InChI=1S/C11H18N2O2S/c1-4-15-10(14)7-8(2)13-9(3)11-12-5-6-16-11/h5-6,8-9,13H,4,7H2,1-3H3. The second-order valence-electron chi connectivity index (χ2n) is 3.67. The van der Waals surface area contributed by atoms with Gasteiger partial charge in [0, 0.05) is 17.6 Å². The normalized spacial score (nSPS) is 14.4. The fraction of sp³-hybridized carbons (Fsp3) is 0.636. The van der Waals surface area contributed by atoms with E-state index in [9.17, 15) is 4.79 Å². The Hall–Kier alpha value is -0.940. The second kappa shape index (κ2) is 6.60. The van der Waals surface area contributed by atoms with Gasteiger partial charge >= 0.3 is 5.97 Å². The summed E-state index contributed by atoms with van der Waals surface area (Å²) in [4.78, 5) is 15.5. The molecule has 1 rings (SSSR count). The highest BCUT2D eigenvalue weighted by atomic mass is 32.1. The molecule has 0 spiro atoms. The number of hydrogen-bond donors (Lipinski definition) is 1. The third kappa shape index (κ3) is 4.28. The Kier molecular flexibility index (Phi) is 5.42. The molecule has 1 heterocycles. The van der Waals surface area contributed by atoms with E-state index in [2.05, 4.69) is 10.3 Å². The molecule has 1 N–H and O–H groups in total. The summed E-state index contributed by atoms with van der Waals surface area (Å²) in [5.74, 6) is -0.158. The van der Waals surface area contributed by atoms with Gasteiger partial charge in [-0.3, -0.25) is 4.79 Å². The summed E-state index contributed by atoms with van der Waals surface area (Å²) < 4.78 is 4.89. The van der Waals surface area contributed by atoms with E-state index in [0.29, 0.717) is 13.0 Å². The highest BCUT2D eigenvalue weighted by Gasteiger charge is 2.14. The Morgan fingerprint density at radius 1 is 1.62 bits per heavy atom. The lowest BCUT2D eigenvalue weighted by Gasteiger charge is -2.17. The van der Waals surface area contributed by atoms with Gasteiger partial charge in [0.1, 0.15) is 5.01 Å². The van der Waals surface area contributed by atoms with Crippen LogP contribution in [0.4, 0.5) is 0 Å². The van der Waals surface area contributed by atoms with Crippen molar-refractivity contribution in [2.75, 3.05) is 6.61 Å². The molecule has 90 valence electrons. The first kappa shape index (κ1) is 13.1. The molecule has 0 saturated heterocycles. The molecular weight excluding hydrogens is 224 g/mol. The van der Waals surface area contributed by atoms with Crippen LogP contribution in [0.5, 0.6) is 0 Å². The fourth-order valence-corrected chi connectivity index (χ4v) is 2.13. The van der Waals surface area contributed by atoms with Crippen LogP contribution in [0.2, 0.25) is 0 Å². The van der Waals surface area contributed by atoms with Crippen LogP contribution in [0.1, 0.15) is 38.2 Å². The number of thiazole rings is 1. The van der Waals surface area contributed by atoms with Gasteiger partial charge in [0.2, 0.25) is 0 Å². The minimum atomic E-state index is -0.158. The van der Waals surface area contributed by atoms with Crippen molar-refractivity contribution >= 4 is 17.3 Å². The maximum atomic E-state index is 11.2. The molecule has 0 aromatic carbocycles. The van der Waals surface area contributed by atoms with Gasteiger partial charge in [-0.25, -0.2) is 4.98 Å². The van der Waals surface area contributed by atoms with Crippen molar-refractivity contribution in [1.29, 1.82) is 0 Å². The average Bonchev–Trinajstić information content (AvgIpc) is 2.69. The van der Waals surface area contributed by atoms with E-state index in [0.717, 1.165) is 5.01 Å². The van der Waals surface area contributed by atoms with E-state index in [1.807, 2.05) is 26.2 Å². The highest BCUT2D eigenvalue weighted by molar-refractivity contribution is 7.09. The van der Waals surface area contributed by atoms with E-state index in [1.165, 1.54) is 0 Å². The summed E-state index contributed by atoms with van der Waals surface area (Å²) in [6.07, 6.45) is 2.18. The van der Waals surface area contributed by atoms with Crippen LogP contribution in [-0.2, 0) is 9.53 Å². The molecule has 2 unspecified atom stereocenters. The van der Waals surface area contributed by atoms with E-state index in [1.54, 1.807) is 17.5 Å². The molecule has 0 aliphatic rings. The van der Waals surface area contributed by atoms with Gasteiger partial charge in [-0.05, 0) is 20.8 Å². The third-order valence-electron chi connectivity index (χ3n) is 2.13. The molecule has 4 nitrogen and oxygen atoms in total. The van der Waals surface area contributed by atoms with Gasteiger partial charge < -0.3 is 10.1 Å². The first-order valence-corrected chi connectivity index (χ1v) is 6.32. The lowest BCUT2D eigenvalue weighted by molar-refractivity contribution is -0.143. The van der Waals surface area contributed by atoms with Crippen LogP contribution in [0, 0.1) is 0 Å². The number of esters is 1. The van der Waals surface area contributed by atoms with Crippen LogP contribution in [0.15, 0.2) is 11.6 Å². The summed E-state index contributed by atoms with van der Waals surface area (Å²) in [5.41, 5.74) is 0. The predicted octanol–water partition coefficient (Wildman–Crippen LogP) is 2.14. The Bertz CT molecular complexity index is 314. The largest absolute Gasteiger partial charge is 0.466 e. The maximum absolute atomic E-state index is 11.2. The molecule has 1 aromatic rings. The number of rotatable bonds is 6. The number of ether oxygens (including phenoxy) is 1. The summed E-state index contributed by atoms with van der Waals surface area (Å²) in [5, 5.41) is 6.30. The van der Waals surface area contributed by atoms with Crippen molar-refractivity contribution < 1.29 is 9.53 Å². The molecule has 2 atom stereocenters. The Morgan fingerprint density at radius 3 is 2.94 bits per heavy atom. The summed E-state index contributed by atoms with van der Waals surface area (Å²) in [6, 6.07) is 0.266. The highest BCUT2D eigenvalue weighted by Crippen LogP contribution is 2.15. The Labute approximate surface area is 100 Å². The zero-order chi connectivity index (χ0) is 12.0. The molecule has 0 radical (unpaired) electrons.